The summed E-state index contributed by atoms with van der Waals surface area (Å²) in [6, 6.07) is 4.33. The number of nitrogens with one attached hydrogen (secondary N) is 1. The number of methoxy groups -OCH3 is 1. The molecule has 1 heterocycles. The molecule has 2 rings (SSSR count). The van der Waals surface area contributed by atoms with E-state index in [0.29, 0.717) is 24.6 Å². The maximum atomic E-state index is 11.5. The topological polar surface area (TPSA) is 94.4 Å². The predicted octanol–water partition coefficient (Wildman–Crippen LogP) is 2.36. The van der Waals surface area contributed by atoms with Crippen molar-refractivity contribution in [2.75, 3.05) is 20.2 Å². The smallest absolute Gasteiger partial charge is 0.413 e. The number of guanidine groups is 1. The summed E-state index contributed by atoms with van der Waals surface area (Å²) < 4.78 is 4.62. The minimum absolute atomic E-state index is 0.0185. The summed E-state index contributed by atoms with van der Waals surface area (Å²) in [6.45, 7) is 3.11. The number of alkyl carbamates (subject to hydrolysis) is 1. The van der Waals surface area contributed by atoms with E-state index >= 15 is 0 Å². The molecule has 1 aromatic rings. The zero-order chi connectivity index (χ0) is 16.8. The number of unbranched alkanes of at least 4 members (excludes halogenated alkanes) is 2. The number of aromatic hydroxyl groups is 2. The summed E-state index contributed by atoms with van der Waals surface area (Å²) in [7, 11) is 1.29. The van der Waals surface area contributed by atoms with E-state index in [1.165, 1.54) is 19.2 Å². The molecule has 0 aromatic heterocycles. The van der Waals surface area contributed by atoms with Gasteiger partial charge in [0, 0.05) is 6.54 Å². The molecule has 0 fully saturated rings. The molecule has 1 amide bonds. The molecule has 1 atom stereocenters. The van der Waals surface area contributed by atoms with Crippen molar-refractivity contribution in [2.45, 2.75) is 32.2 Å². The van der Waals surface area contributed by atoms with Gasteiger partial charge in [-0.2, -0.15) is 0 Å². The molecular weight excluding hydrogens is 298 g/mol. The van der Waals surface area contributed by atoms with E-state index in [1.807, 2.05) is 4.90 Å². The second kappa shape index (κ2) is 7.71. The molecule has 126 valence electrons. The Morgan fingerprint density at radius 2 is 2.09 bits per heavy atom. The summed E-state index contributed by atoms with van der Waals surface area (Å²) in [5, 5.41) is 22.8. The van der Waals surface area contributed by atoms with Crippen LogP contribution in [-0.2, 0) is 4.74 Å². The predicted molar refractivity (Wildman–Crippen MR) is 86.6 cm³/mol. The number of rotatable bonds is 5. The van der Waals surface area contributed by atoms with Crippen molar-refractivity contribution >= 4 is 12.1 Å². The first-order chi connectivity index (χ1) is 11.1. The largest absolute Gasteiger partial charge is 0.507 e. The first kappa shape index (κ1) is 16.9. The van der Waals surface area contributed by atoms with E-state index in [-0.39, 0.29) is 17.5 Å². The van der Waals surface area contributed by atoms with Crippen molar-refractivity contribution in [3.8, 4) is 11.5 Å². The number of hydrogen-bond donors (Lipinski definition) is 3. The molecule has 0 saturated carbocycles. The standard InChI is InChI=1S/C16H23N3O4/c1-3-4-5-9-19-11(10-17-15(19)18-16(22)23-2)14-12(20)7-6-8-13(14)21/h6-8,11,20-21H,3-5,9-10H2,1-2H3,(H,17,18,22). The molecule has 0 radical (unpaired) electrons. The highest BCUT2D eigenvalue weighted by Crippen LogP contribution is 2.38. The van der Waals surface area contributed by atoms with Crippen LogP contribution >= 0.6 is 0 Å². The fraction of sp³-hybridized carbons (Fsp3) is 0.500. The van der Waals surface area contributed by atoms with Crippen molar-refractivity contribution in [1.82, 2.24) is 10.2 Å². The Labute approximate surface area is 135 Å². The van der Waals surface area contributed by atoms with Crippen LogP contribution in [0.1, 0.15) is 37.8 Å². The molecule has 0 bridgehead atoms. The van der Waals surface area contributed by atoms with Crippen molar-refractivity contribution in [2.24, 2.45) is 4.99 Å². The number of ether oxygens (including phenoxy) is 1. The van der Waals surface area contributed by atoms with Crippen molar-refractivity contribution in [3.05, 3.63) is 23.8 Å². The van der Waals surface area contributed by atoms with Gasteiger partial charge in [-0.1, -0.05) is 25.8 Å². The second-order valence-corrected chi connectivity index (χ2v) is 5.41. The van der Waals surface area contributed by atoms with Gasteiger partial charge >= 0.3 is 6.09 Å². The minimum Gasteiger partial charge on any atom is -0.507 e. The molecule has 7 nitrogen and oxygen atoms in total. The van der Waals surface area contributed by atoms with E-state index < -0.39 is 6.09 Å². The Hall–Kier alpha value is -2.44. The summed E-state index contributed by atoms with van der Waals surface area (Å²) in [5.74, 6) is 0.440. The van der Waals surface area contributed by atoms with Gasteiger partial charge < -0.3 is 19.8 Å². The highest BCUT2D eigenvalue weighted by molar-refractivity contribution is 5.95. The number of nitrogens with zero attached hydrogens (tertiary/aromatic N) is 2. The van der Waals surface area contributed by atoms with E-state index in [2.05, 4.69) is 22.0 Å². The molecule has 7 heteroatoms. The van der Waals surface area contributed by atoms with Crippen LogP contribution in [0.2, 0.25) is 0 Å². The number of hydrogen-bond acceptors (Lipinski definition) is 6. The lowest BCUT2D eigenvalue weighted by Crippen LogP contribution is -2.43. The quantitative estimate of drug-likeness (QED) is 0.724. The van der Waals surface area contributed by atoms with Crippen LogP contribution in [0.4, 0.5) is 4.79 Å². The normalized spacial score (nSPS) is 17.0. The van der Waals surface area contributed by atoms with Crippen LogP contribution < -0.4 is 5.32 Å². The summed E-state index contributed by atoms with van der Waals surface area (Å²) in [5.41, 5.74) is 0.425. The lowest BCUT2D eigenvalue weighted by molar-refractivity contribution is 0.175. The second-order valence-electron chi connectivity index (χ2n) is 5.41. The third-order valence-corrected chi connectivity index (χ3v) is 3.86. The fourth-order valence-electron chi connectivity index (χ4n) is 2.69. The Morgan fingerprint density at radius 1 is 1.39 bits per heavy atom. The Morgan fingerprint density at radius 3 is 2.70 bits per heavy atom. The van der Waals surface area contributed by atoms with Crippen LogP contribution in [0, 0.1) is 0 Å². The highest BCUT2D eigenvalue weighted by atomic mass is 16.5. The lowest BCUT2D eigenvalue weighted by Gasteiger charge is -2.28. The third kappa shape index (κ3) is 3.85. The van der Waals surface area contributed by atoms with Crippen LogP contribution in [0.15, 0.2) is 23.2 Å². The Balaban J connectivity index is 2.23. The minimum atomic E-state index is -0.591. The molecule has 1 aliphatic heterocycles. The zero-order valence-corrected chi connectivity index (χ0v) is 13.5. The lowest BCUT2D eigenvalue weighted by atomic mass is 10.0. The van der Waals surface area contributed by atoms with Gasteiger partial charge in [-0.05, 0) is 18.6 Å². The number of phenolic OH excluding ortho intramolecular Hbond substituents is 2. The first-order valence-electron chi connectivity index (χ1n) is 7.75. The summed E-state index contributed by atoms with van der Waals surface area (Å²) in [4.78, 5) is 17.7. The van der Waals surface area contributed by atoms with E-state index in [0.717, 1.165) is 19.3 Å². The average molecular weight is 321 g/mol. The molecule has 23 heavy (non-hydrogen) atoms. The summed E-state index contributed by atoms with van der Waals surface area (Å²) in [6.07, 6.45) is 2.44. The van der Waals surface area contributed by atoms with Gasteiger partial charge in [-0.3, -0.25) is 10.3 Å². The monoisotopic (exact) mass is 321 g/mol. The number of carbonyl (C=O) groups excluding carboxylic acids is 1. The molecule has 1 aliphatic rings. The Kier molecular flexibility index (Phi) is 5.67. The van der Waals surface area contributed by atoms with Gasteiger partial charge in [-0.15, -0.1) is 0 Å². The molecule has 3 N–H and O–H groups in total. The van der Waals surface area contributed by atoms with Gasteiger partial charge in [0.25, 0.3) is 0 Å². The maximum Gasteiger partial charge on any atom is 0.413 e. The molecule has 0 saturated heterocycles. The third-order valence-electron chi connectivity index (χ3n) is 3.86. The molecule has 1 aromatic carbocycles. The van der Waals surface area contributed by atoms with E-state index in [1.54, 1.807) is 6.07 Å². The van der Waals surface area contributed by atoms with Crippen molar-refractivity contribution < 1.29 is 19.7 Å². The van der Waals surface area contributed by atoms with E-state index in [4.69, 9.17) is 0 Å². The van der Waals surface area contributed by atoms with E-state index in [9.17, 15) is 15.0 Å². The molecule has 0 spiro atoms. The number of aliphatic imine (C=N–C) groups is 1. The Bertz CT molecular complexity index is 568. The van der Waals surface area contributed by atoms with Crippen LogP contribution in [0.25, 0.3) is 0 Å². The number of benzene rings is 1. The number of phenols is 2. The highest BCUT2D eigenvalue weighted by Gasteiger charge is 2.33. The average Bonchev–Trinajstić information content (AvgIpc) is 2.90. The van der Waals surface area contributed by atoms with Gasteiger partial charge in [0.1, 0.15) is 11.5 Å². The molecule has 0 aliphatic carbocycles. The molecular formula is C16H23N3O4. The van der Waals surface area contributed by atoms with Gasteiger partial charge in [-0.25, -0.2) is 4.79 Å². The van der Waals surface area contributed by atoms with Crippen LogP contribution in [-0.4, -0.2) is 47.4 Å². The SMILES string of the molecule is CCCCCN1C(NC(=O)OC)=NCC1c1c(O)cccc1O. The summed E-state index contributed by atoms with van der Waals surface area (Å²) >= 11 is 0. The first-order valence-corrected chi connectivity index (χ1v) is 7.75. The zero-order valence-electron chi connectivity index (χ0n) is 13.5. The van der Waals surface area contributed by atoms with Crippen LogP contribution in [0.5, 0.6) is 11.5 Å². The molecule has 1 unspecified atom stereocenters. The number of amides is 1. The van der Waals surface area contributed by atoms with Crippen molar-refractivity contribution in [1.29, 1.82) is 0 Å². The van der Waals surface area contributed by atoms with Gasteiger partial charge in [0.05, 0.1) is 25.3 Å². The van der Waals surface area contributed by atoms with Crippen LogP contribution in [0.3, 0.4) is 0 Å². The van der Waals surface area contributed by atoms with Gasteiger partial charge in [0.15, 0.2) is 0 Å². The van der Waals surface area contributed by atoms with Gasteiger partial charge in [0.2, 0.25) is 5.96 Å². The van der Waals surface area contributed by atoms with Crippen molar-refractivity contribution in [3.63, 3.8) is 0 Å². The maximum absolute atomic E-state index is 11.5. The fourth-order valence-corrected chi connectivity index (χ4v) is 2.69. The number of carbonyl (C=O) groups is 1.